The van der Waals surface area contributed by atoms with Crippen LogP contribution in [0.1, 0.15) is 46.5 Å². The lowest BCUT2D eigenvalue weighted by atomic mass is 10.1. The van der Waals surface area contributed by atoms with Crippen LogP contribution in [0.25, 0.3) is 21.9 Å². The third kappa shape index (κ3) is 7.36. The molecule has 0 fully saturated rings. The predicted octanol–water partition coefficient (Wildman–Crippen LogP) is 6.05. The number of ether oxygens (including phenoxy) is 2. The third-order valence-corrected chi connectivity index (χ3v) is 7.98. The Morgan fingerprint density at radius 2 is 1.80 bits per heavy atom. The number of imidazole rings is 1. The molecule has 0 bridgehead atoms. The van der Waals surface area contributed by atoms with Crippen LogP contribution in [0.2, 0.25) is 5.02 Å². The molecule has 2 aromatic heterocycles. The van der Waals surface area contributed by atoms with Gasteiger partial charge in [0.05, 0.1) is 29.8 Å². The summed E-state index contributed by atoms with van der Waals surface area (Å²) in [5.41, 5.74) is 8.31. The molecule has 1 unspecified atom stereocenters. The number of nitrogens with one attached hydrogen (secondary N) is 1. The van der Waals surface area contributed by atoms with E-state index >= 15 is 0 Å². The van der Waals surface area contributed by atoms with Crippen molar-refractivity contribution in [2.45, 2.75) is 59.4 Å². The minimum atomic E-state index is -4.12. The van der Waals surface area contributed by atoms with Gasteiger partial charge < -0.3 is 24.3 Å². The summed E-state index contributed by atoms with van der Waals surface area (Å²) in [5.74, 6) is 0.556. The maximum Gasteiger partial charge on any atom is 0.459 e. The molecule has 3 atom stereocenters. The summed E-state index contributed by atoms with van der Waals surface area (Å²) in [4.78, 5) is 21.8. The van der Waals surface area contributed by atoms with Gasteiger partial charge in [-0.1, -0.05) is 29.8 Å². The summed E-state index contributed by atoms with van der Waals surface area (Å²) in [7, 11) is -4.12. The molecule has 0 spiro atoms. The minimum absolute atomic E-state index is 0.0784. The topological polar surface area (TPSA) is 140 Å². The highest BCUT2D eigenvalue weighted by molar-refractivity contribution is 7.52. The molecule has 3 N–H and O–H groups in total. The second kappa shape index (κ2) is 13.2. The Bertz CT molecular complexity index is 1560. The molecule has 13 heteroatoms. The van der Waals surface area contributed by atoms with E-state index in [2.05, 4.69) is 10.1 Å². The van der Waals surface area contributed by atoms with Crippen molar-refractivity contribution in [3.63, 3.8) is 0 Å². The molecule has 0 aliphatic rings. The Kier molecular flexibility index (Phi) is 9.88. The minimum Gasteiger partial charge on any atom is -0.462 e. The Balaban J connectivity index is 1.68. The third-order valence-electron chi connectivity index (χ3n) is 6.08. The van der Waals surface area contributed by atoms with E-state index in [1.807, 2.05) is 42.7 Å². The molecule has 4 aromatic rings. The quantitative estimate of drug-likeness (QED) is 0.137. The lowest BCUT2D eigenvalue weighted by Gasteiger charge is -2.25. The highest BCUT2D eigenvalue weighted by Gasteiger charge is 2.34. The summed E-state index contributed by atoms with van der Waals surface area (Å²) < 4.78 is 38.7. The number of nitrogens with zero attached hydrogens (tertiary/aromatic N) is 3. The Morgan fingerprint density at radius 1 is 1.10 bits per heavy atom. The first-order chi connectivity index (χ1) is 19.5. The molecule has 0 radical (unpaired) electrons. The SMILES string of the molecule is CCOCc1nc2c(N)nc3ccccc3c2n1[C@H](C)COP(=O)(N[C@@H](C)C(=O)OC(C)C)Oc1ccc(Cl)cc1. The Labute approximate surface area is 243 Å². The fraction of sp³-hybridized carbons (Fsp3) is 0.393. The number of benzene rings is 2. The van der Waals surface area contributed by atoms with Gasteiger partial charge in [0.15, 0.2) is 5.82 Å². The second-order valence-electron chi connectivity index (χ2n) is 9.77. The van der Waals surface area contributed by atoms with Crippen LogP contribution in [0.15, 0.2) is 48.5 Å². The van der Waals surface area contributed by atoms with Crippen LogP contribution in [0.3, 0.4) is 0 Å². The normalized spacial score (nSPS) is 14.7. The van der Waals surface area contributed by atoms with Crippen LogP contribution >= 0.6 is 19.3 Å². The zero-order valence-corrected chi connectivity index (χ0v) is 25.3. The van der Waals surface area contributed by atoms with Gasteiger partial charge in [-0.25, -0.2) is 14.5 Å². The molecule has 41 heavy (non-hydrogen) atoms. The van der Waals surface area contributed by atoms with Crippen molar-refractivity contribution in [3.8, 4) is 5.75 Å². The van der Waals surface area contributed by atoms with Crippen molar-refractivity contribution in [1.82, 2.24) is 19.6 Å². The Morgan fingerprint density at radius 3 is 2.49 bits per heavy atom. The highest BCUT2D eigenvalue weighted by atomic mass is 35.5. The molecule has 2 heterocycles. The van der Waals surface area contributed by atoms with Crippen molar-refractivity contribution in [2.24, 2.45) is 0 Å². The summed E-state index contributed by atoms with van der Waals surface area (Å²) in [5, 5.41) is 4.05. The van der Waals surface area contributed by atoms with Gasteiger partial charge in [-0.3, -0.25) is 9.32 Å². The number of hydrogen-bond donors (Lipinski definition) is 2. The average molecular weight is 604 g/mol. The molecular weight excluding hydrogens is 569 g/mol. The monoisotopic (exact) mass is 603 g/mol. The van der Waals surface area contributed by atoms with E-state index in [4.69, 9.17) is 40.8 Å². The van der Waals surface area contributed by atoms with Crippen LogP contribution in [-0.2, 0) is 30.0 Å². The molecule has 220 valence electrons. The maximum atomic E-state index is 14.1. The number of aromatic nitrogens is 3. The number of pyridine rings is 1. The van der Waals surface area contributed by atoms with Crippen molar-refractivity contribution in [1.29, 1.82) is 0 Å². The number of esters is 1. The highest BCUT2D eigenvalue weighted by Crippen LogP contribution is 2.46. The van der Waals surface area contributed by atoms with Crippen molar-refractivity contribution >= 4 is 53.1 Å². The number of rotatable bonds is 13. The van der Waals surface area contributed by atoms with Gasteiger partial charge in [0, 0.05) is 17.0 Å². The molecule has 11 nitrogen and oxygen atoms in total. The zero-order valence-electron chi connectivity index (χ0n) is 23.7. The van der Waals surface area contributed by atoms with Crippen LogP contribution in [0.4, 0.5) is 5.82 Å². The Hall–Kier alpha value is -3.21. The number of carbonyl (C=O) groups excluding carboxylic acids is 1. The standard InChI is InChI=1S/C28H35ClN5O6P/c1-6-37-16-24-32-25-26(22-9-7-8-10-23(22)31-27(25)30)34(24)18(4)15-38-41(36,33-19(5)28(35)39-17(2)3)40-21-13-11-20(29)12-14-21/h7-14,17-19H,6,15-16H2,1-5H3,(H2,30,31)(H,33,36)/t18-,19+,41?/m1/s1. The first-order valence-corrected chi connectivity index (χ1v) is 15.2. The summed E-state index contributed by atoms with van der Waals surface area (Å²) in [6, 6.07) is 12.5. The first kappa shape index (κ1) is 30.7. The lowest BCUT2D eigenvalue weighted by molar-refractivity contribution is -0.149. The van der Waals surface area contributed by atoms with Gasteiger partial charge in [0.25, 0.3) is 0 Å². The van der Waals surface area contributed by atoms with Crippen molar-refractivity contribution in [2.75, 3.05) is 18.9 Å². The van der Waals surface area contributed by atoms with Crippen LogP contribution < -0.4 is 15.3 Å². The fourth-order valence-corrected chi connectivity index (χ4v) is 5.96. The number of para-hydroxylation sites is 1. The number of hydrogen-bond acceptors (Lipinski definition) is 9. The van der Waals surface area contributed by atoms with Gasteiger partial charge in [-0.15, -0.1) is 0 Å². The van der Waals surface area contributed by atoms with Gasteiger partial charge in [-0.2, -0.15) is 5.09 Å². The van der Waals surface area contributed by atoms with E-state index in [0.717, 1.165) is 10.9 Å². The zero-order chi connectivity index (χ0) is 29.7. The largest absolute Gasteiger partial charge is 0.462 e. The molecule has 0 aliphatic heterocycles. The van der Waals surface area contributed by atoms with Gasteiger partial charge in [0.2, 0.25) is 0 Å². The molecule has 0 aliphatic carbocycles. The van der Waals surface area contributed by atoms with E-state index in [0.29, 0.717) is 34.3 Å². The van der Waals surface area contributed by atoms with E-state index in [9.17, 15) is 9.36 Å². The number of nitrogen functional groups attached to an aromatic ring is 1. The van der Waals surface area contributed by atoms with Gasteiger partial charge in [0.1, 0.15) is 29.7 Å². The molecule has 2 aromatic carbocycles. The number of nitrogens with two attached hydrogens (primary N) is 1. The molecular formula is C28H35ClN5O6P. The fourth-order valence-electron chi connectivity index (χ4n) is 4.27. The summed E-state index contributed by atoms with van der Waals surface area (Å²) in [6.07, 6.45) is -0.348. The number of halogens is 1. The number of anilines is 1. The van der Waals surface area contributed by atoms with E-state index < -0.39 is 25.8 Å². The second-order valence-corrected chi connectivity index (χ2v) is 11.9. The van der Waals surface area contributed by atoms with E-state index in [1.165, 1.54) is 6.92 Å². The number of carbonyl (C=O) groups is 1. The van der Waals surface area contributed by atoms with Crippen LogP contribution in [-0.4, -0.2) is 45.9 Å². The van der Waals surface area contributed by atoms with Crippen LogP contribution in [0, 0.1) is 0 Å². The molecule has 4 rings (SSSR count). The van der Waals surface area contributed by atoms with Crippen molar-refractivity contribution < 1.29 is 27.9 Å². The summed E-state index contributed by atoms with van der Waals surface area (Å²) >= 11 is 6.00. The molecule has 0 saturated carbocycles. The van der Waals surface area contributed by atoms with Crippen LogP contribution in [0.5, 0.6) is 5.75 Å². The average Bonchev–Trinajstić information content (AvgIpc) is 3.32. The maximum absolute atomic E-state index is 14.1. The van der Waals surface area contributed by atoms with Crippen molar-refractivity contribution in [3.05, 3.63) is 59.4 Å². The van der Waals surface area contributed by atoms with Gasteiger partial charge >= 0.3 is 13.7 Å². The number of fused-ring (bicyclic) bond motifs is 3. The first-order valence-electron chi connectivity index (χ1n) is 13.3. The predicted molar refractivity (Wildman–Crippen MR) is 159 cm³/mol. The lowest BCUT2D eigenvalue weighted by Crippen LogP contribution is -2.36. The smallest absolute Gasteiger partial charge is 0.459 e. The van der Waals surface area contributed by atoms with Gasteiger partial charge in [-0.05, 0) is 65.0 Å². The van der Waals surface area contributed by atoms with E-state index in [-0.39, 0.29) is 25.1 Å². The summed E-state index contributed by atoms with van der Waals surface area (Å²) in [6.45, 7) is 9.41. The molecule has 0 amide bonds. The molecule has 0 saturated heterocycles. The van der Waals surface area contributed by atoms with E-state index in [1.54, 1.807) is 38.1 Å².